The standard InChI is InChI=1S/C24H23N3O5S/c1-29-17-5-7-18(8-6-17)31-11-3-12-32-20-9-4-16(15-21(20)30-2)14-19-22(25)27-10-13-33-24(27)26-23(19)28/h4-10,13-15,25H,3,11-12H2,1-2H3. The predicted octanol–water partition coefficient (Wildman–Crippen LogP) is 4.33. The highest BCUT2D eigenvalue weighted by molar-refractivity contribution is 8.16. The molecule has 0 fully saturated rings. The number of ether oxygens (including phenoxy) is 4. The van der Waals surface area contributed by atoms with Crippen molar-refractivity contribution in [2.45, 2.75) is 6.42 Å². The minimum Gasteiger partial charge on any atom is -0.497 e. The van der Waals surface area contributed by atoms with Crippen LogP contribution in [0.4, 0.5) is 0 Å². The van der Waals surface area contributed by atoms with Crippen LogP contribution in [0.2, 0.25) is 0 Å². The zero-order chi connectivity index (χ0) is 23.2. The topological polar surface area (TPSA) is 93.4 Å². The van der Waals surface area contributed by atoms with Gasteiger partial charge in [0.25, 0.3) is 5.91 Å². The van der Waals surface area contributed by atoms with Crippen LogP contribution in [0.25, 0.3) is 6.08 Å². The van der Waals surface area contributed by atoms with Crippen LogP contribution in [-0.4, -0.2) is 49.2 Å². The maximum Gasteiger partial charge on any atom is 0.283 e. The van der Waals surface area contributed by atoms with Crippen LogP contribution in [0, 0.1) is 5.41 Å². The molecule has 0 unspecified atom stereocenters. The van der Waals surface area contributed by atoms with Gasteiger partial charge in [-0.3, -0.25) is 15.1 Å². The number of benzene rings is 2. The van der Waals surface area contributed by atoms with E-state index in [-0.39, 0.29) is 11.4 Å². The number of hydrogen-bond donors (Lipinski definition) is 1. The number of amidine groups is 2. The molecule has 9 heteroatoms. The normalized spacial score (nSPS) is 16.0. The van der Waals surface area contributed by atoms with E-state index in [1.54, 1.807) is 48.9 Å². The van der Waals surface area contributed by atoms with Crippen molar-refractivity contribution >= 4 is 34.7 Å². The second-order valence-electron chi connectivity index (χ2n) is 7.02. The molecule has 0 spiro atoms. The summed E-state index contributed by atoms with van der Waals surface area (Å²) in [7, 11) is 3.18. The molecule has 1 N–H and O–H groups in total. The Balaban J connectivity index is 1.35. The van der Waals surface area contributed by atoms with Gasteiger partial charge in [0.05, 0.1) is 33.0 Å². The molecule has 1 amide bonds. The van der Waals surface area contributed by atoms with Crippen LogP contribution in [0.3, 0.4) is 0 Å². The van der Waals surface area contributed by atoms with Gasteiger partial charge in [0.15, 0.2) is 16.7 Å². The van der Waals surface area contributed by atoms with Crippen molar-refractivity contribution in [2.24, 2.45) is 4.99 Å². The summed E-state index contributed by atoms with van der Waals surface area (Å²) in [6, 6.07) is 12.8. The van der Waals surface area contributed by atoms with Gasteiger partial charge in [-0.1, -0.05) is 17.8 Å². The van der Waals surface area contributed by atoms with E-state index >= 15 is 0 Å². The number of hydrogen-bond acceptors (Lipinski definition) is 7. The Kier molecular flexibility index (Phi) is 6.99. The van der Waals surface area contributed by atoms with Gasteiger partial charge in [-0.05, 0) is 53.4 Å². The maximum atomic E-state index is 12.4. The van der Waals surface area contributed by atoms with Gasteiger partial charge in [0.1, 0.15) is 17.3 Å². The average molecular weight is 466 g/mol. The average Bonchev–Trinajstić information content (AvgIpc) is 3.31. The maximum absolute atomic E-state index is 12.4. The minimum absolute atomic E-state index is 0.0994. The van der Waals surface area contributed by atoms with Crippen LogP contribution in [-0.2, 0) is 4.79 Å². The van der Waals surface area contributed by atoms with Crippen LogP contribution in [0.15, 0.2) is 64.6 Å². The fraction of sp³-hybridized carbons (Fsp3) is 0.208. The summed E-state index contributed by atoms with van der Waals surface area (Å²) in [6.45, 7) is 0.960. The van der Waals surface area contributed by atoms with Crippen LogP contribution >= 0.6 is 11.8 Å². The number of rotatable bonds is 9. The van der Waals surface area contributed by atoms with Gasteiger partial charge < -0.3 is 18.9 Å². The third-order valence-electron chi connectivity index (χ3n) is 4.89. The number of carbonyl (C=O) groups excluding carboxylic acids is 1. The number of carbonyl (C=O) groups is 1. The Bertz CT molecular complexity index is 1140. The van der Waals surface area contributed by atoms with Crippen molar-refractivity contribution in [3.63, 3.8) is 0 Å². The molecule has 0 saturated heterocycles. The highest BCUT2D eigenvalue weighted by Gasteiger charge is 2.31. The number of nitrogens with zero attached hydrogens (tertiary/aromatic N) is 2. The third kappa shape index (κ3) is 5.20. The van der Waals surface area contributed by atoms with Crippen LogP contribution in [0.5, 0.6) is 23.0 Å². The number of fused-ring (bicyclic) bond motifs is 1. The summed E-state index contributed by atoms with van der Waals surface area (Å²) in [4.78, 5) is 18.0. The smallest absolute Gasteiger partial charge is 0.283 e. The Morgan fingerprint density at radius 3 is 2.52 bits per heavy atom. The fourth-order valence-corrected chi connectivity index (χ4v) is 3.90. The van der Waals surface area contributed by atoms with Crippen molar-refractivity contribution in [3.05, 3.63) is 65.2 Å². The van der Waals surface area contributed by atoms with E-state index in [9.17, 15) is 4.79 Å². The zero-order valence-corrected chi connectivity index (χ0v) is 19.1. The molecule has 170 valence electrons. The first kappa shape index (κ1) is 22.5. The molecule has 0 radical (unpaired) electrons. The van der Waals surface area contributed by atoms with Gasteiger partial charge in [-0.2, -0.15) is 4.99 Å². The van der Waals surface area contributed by atoms with E-state index in [2.05, 4.69) is 4.99 Å². The number of methoxy groups -OCH3 is 2. The molecule has 2 heterocycles. The largest absolute Gasteiger partial charge is 0.497 e. The number of thioether (sulfide) groups is 1. The Morgan fingerprint density at radius 2 is 1.76 bits per heavy atom. The van der Waals surface area contributed by atoms with E-state index < -0.39 is 5.91 Å². The van der Waals surface area contributed by atoms with Gasteiger partial charge in [-0.25, -0.2) is 0 Å². The Hall–Kier alpha value is -3.72. The molecule has 2 aromatic rings. The number of amides is 1. The Labute approximate surface area is 196 Å². The first-order valence-electron chi connectivity index (χ1n) is 10.2. The third-order valence-corrected chi connectivity index (χ3v) is 5.64. The van der Waals surface area contributed by atoms with Crippen LogP contribution < -0.4 is 18.9 Å². The highest BCUT2D eigenvalue weighted by Crippen LogP contribution is 2.31. The zero-order valence-electron chi connectivity index (χ0n) is 18.2. The predicted molar refractivity (Wildman–Crippen MR) is 128 cm³/mol. The first-order chi connectivity index (χ1) is 16.1. The van der Waals surface area contributed by atoms with Gasteiger partial charge in [0.2, 0.25) is 0 Å². The molecule has 2 aliphatic rings. The quantitative estimate of drug-likeness (QED) is 0.435. The van der Waals surface area contributed by atoms with E-state index in [0.29, 0.717) is 41.9 Å². The van der Waals surface area contributed by atoms with Crippen molar-refractivity contribution in [3.8, 4) is 23.0 Å². The van der Waals surface area contributed by atoms with Crippen molar-refractivity contribution in [1.29, 1.82) is 5.41 Å². The molecular formula is C24H23N3O5S. The van der Waals surface area contributed by atoms with Crippen LogP contribution in [0.1, 0.15) is 12.0 Å². The summed E-state index contributed by atoms with van der Waals surface area (Å²) >= 11 is 1.32. The van der Waals surface area contributed by atoms with Gasteiger partial charge in [0, 0.05) is 12.6 Å². The van der Waals surface area contributed by atoms with Gasteiger partial charge >= 0.3 is 0 Å². The lowest BCUT2D eigenvalue weighted by Gasteiger charge is -2.22. The molecule has 0 aromatic heterocycles. The molecule has 4 rings (SSSR count). The summed E-state index contributed by atoms with van der Waals surface area (Å²) in [5, 5.41) is 10.6. The van der Waals surface area contributed by atoms with Crippen molar-refractivity contribution < 1.29 is 23.7 Å². The van der Waals surface area contributed by atoms with E-state index in [1.807, 2.05) is 30.3 Å². The second-order valence-corrected chi connectivity index (χ2v) is 7.89. The first-order valence-corrected chi connectivity index (χ1v) is 11.1. The lowest BCUT2D eigenvalue weighted by Crippen LogP contribution is -2.35. The molecule has 0 saturated carbocycles. The minimum atomic E-state index is -0.432. The molecular weight excluding hydrogens is 442 g/mol. The molecule has 2 aromatic carbocycles. The summed E-state index contributed by atoms with van der Waals surface area (Å²) < 4.78 is 22.1. The van der Waals surface area contributed by atoms with E-state index in [4.69, 9.17) is 24.4 Å². The SMILES string of the molecule is COc1ccc(OCCCOc2ccc(C=C3C(=N)N4C=CSC4=NC3=O)cc2OC)cc1. The lowest BCUT2D eigenvalue weighted by molar-refractivity contribution is -0.114. The Morgan fingerprint density at radius 1 is 1.00 bits per heavy atom. The van der Waals surface area contributed by atoms with E-state index in [1.165, 1.54) is 11.8 Å². The molecule has 33 heavy (non-hydrogen) atoms. The molecule has 8 nitrogen and oxygen atoms in total. The monoisotopic (exact) mass is 465 g/mol. The second kappa shape index (κ2) is 10.3. The summed E-state index contributed by atoms with van der Waals surface area (Å²) in [6.07, 6.45) is 4.05. The number of nitrogens with one attached hydrogen (secondary N) is 1. The van der Waals surface area contributed by atoms with Crippen molar-refractivity contribution in [2.75, 3.05) is 27.4 Å². The summed E-state index contributed by atoms with van der Waals surface area (Å²) in [5.41, 5.74) is 0.932. The van der Waals surface area contributed by atoms with Crippen molar-refractivity contribution in [1.82, 2.24) is 4.90 Å². The van der Waals surface area contributed by atoms with E-state index in [0.717, 1.165) is 11.5 Å². The fourth-order valence-electron chi connectivity index (χ4n) is 3.19. The molecule has 0 atom stereocenters. The molecule has 0 bridgehead atoms. The summed E-state index contributed by atoms with van der Waals surface area (Å²) in [5.74, 6) is 2.35. The molecule has 2 aliphatic heterocycles. The van der Waals surface area contributed by atoms with Gasteiger partial charge in [-0.15, -0.1) is 0 Å². The highest BCUT2D eigenvalue weighted by atomic mass is 32.2. The number of aliphatic imine (C=N–C) groups is 1. The lowest BCUT2D eigenvalue weighted by atomic mass is 10.1. The molecule has 0 aliphatic carbocycles.